The van der Waals surface area contributed by atoms with Crippen LogP contribution in [-0.4, -0.2) is 48.4 Å². The van der Waals surface area contributed by atoms with Gasteiger partial charge in [0, 0.05) is 13.3 Å². The molecule has 31 heavy (non-hydrogen) atoms. The molecule has 2 aromatic carbocycles. The van der Waals surface area contributed by atoms with E-state index in [9.17, 15) is 21.6 Å². The van der Waals surface area contributed by atoms with Crippen LogP contribution in [0.15, 0.2) is 53.4 Å². The Morgan fingerprint density at radius 1 is 1.00 bits per heavy atom. The highest BCUT2D eigenvalue weighted by Crippen LogP contribution is 2.22. The minimum atomic E-state index is -3.37. The smallest absolute Gasteiger partial charge is 0.261 e. The monoisotopic (exact) mass is 468 g/mol. The molecule has 0 fully saturated rings. The highest BCUT2D eigenvalue weighted by atomic mass is 32.2. The van der Waals surface area contributed by atoms with E-state index >= 15 is 0 Å². The molecule has 10 heteroatoms. The Labute approximate surface area is 184 Å². The largest absolute Gasteiger partial charge is 0.481 e. The van der Waals surface area contributed by atoms with Gasteiger partial charge in [0.15, 0.2) is 15.9 Å². The van der Waals surface area contributed by atoms with E-state index in [0.717, 1.165) is 22.4 Å². The van der Waals surface area contributed by atoms with Gasteiger partial charge in [-0.2, -0.15) is 0 Å². The van der Waals surface area contributed by atoms with Gasteiger partial charge >= 0.3 is 0 Å². The van der Waals surface area contributed by atoms with Gasteiger partial charge in [0.25, 0.3) is 5.91 Å². The summed E-state index contributed by atoms with van der Waals surface area (Å²) in [5.41, 5.74) is 1.25. The summed E-state index contributed by atoms with van der Waals surface area (Å²) in [4.78, 5) is 12.9. The standard InChI is InChI=1S/C21H28N2O6S2/c1-6-20(29-18-11-9-17(10-12-18)23(3)31(5,27)28)21(24)22-15(2)16-7-13-19(14-8-16)30(4,25)26/h7-15,20H,6H2,1-5H3,(H,22,24)/t15-,20+/m0/s1. The van der Waals surface area contributed by atoms with Crippen molar-refractivity contribution in [3.63, 3.8) is 0 Å². The summed E-state index contributed by atoms with van der Waals surface area (Å²) < 4.78 is 53.4. The molecule has 0 aliphatic carbocycles. The maximum atomic E-state index is 12.7. The molecule has 0 saturated heterocycles. The zero-order valence-corrected chi connectivity index (χ0v) is 19.8. The Bertz CT molecular complexity index is 1110. The molecular weight excluding hydrogens is 440 g/mol. The summed E-state index contributed by atoms with van der Waals surface area (Å²) in [5.74, 6) is 0.136. The van der Waals surface area contributed by atoms with E-state index in [1.165, 1.54) is 19.2 Å². The number of anilines is 1. The third-order valence-corrected chi connectivity index (χ3v) is 7.14. The summed E-state index contributed by atoms with van der Waals surface area (Å²) in [6.07, 6.45) is 1.94. The first-order valence-electron chi connectivity index (χ1n) is 9.64. The molecule has 1 amide bonds. The van der Waals surface area contributed by atoms with E-state index in [0.29, 0.717) is 17.9 Å². The number of nitrogens with zero attached hydrogens (tertiary/aromatic N) is 1. The Balaban J connectivity index is 2.04. The Morgan fingerprint density at radius 3 is 2.00 bits per heavy atom. The second-order valence-electron chi connectivity index (χ2n) is 7.31. The zero-order chi connectivity index (χ0) is 23.4. The second kappa shape index (κ2) is 9.69. The van der Waals surface area contributed by atoms with Gasteiger partial charge in [-0.15, -0.1) is 0 Å². The van der Waals surface area contributed by atoms with Crippen molar-refractivity contribution in [2.45, 2.75) is 37.3 Å². The van der Waals surface area contributed by atoms with Crippen LogP contribution in [0.3, 0.4) is 0 Å². The highest BCUT2D eigenvalue weighted by molar-refractivity contribution is 7.92. The van der Waals surface area contributed by atoms with Gasteiger partial charge in [-0.3, -0.25) is 9.10 Å². The van der Waals surface area contributed by atoms with Crippen molar-refractivity contribution >= 4 is 31.5 Å². The van der Waals surface area contributed by atoms with Crippen LogP contribution in [0.4, 0.5) is 5.69 Å². The first-order chi connectivity index (χ1) is 14.3. The lowest BCUT2D eigenvalue weighted by molar-refractivity contribution is -0.128. The normalized spacial score (nSPS) is 13.8. The van der Waals surface area contributed by atoms with Crippen LogP contribution in [0.1, 0.15) is 31.9 Å². The van der Waals surface area contributed by atoms with Gasteiger partial charge in [-0.1, -0.05) is 19.1 Å². The first kappa shape index (κ1) is 24.7. The number of sulfone groups is 1. The molecular formula is C21H28N2O6S2. The number of hydrogen-bond acceptors (Lipinski definition) is 6. The zero-order valence-electron chi connectivity index (χ0n) is 18.2. The topological polar surface area (TPSA) is 110 Å². The van der Waals surface area contributed by atoms with Crippen LogP contribution in [0.5, 0.6) is 5.75 Å². The quantitative estimate of drug-likeness (QED) is 0.606. The molecule has 2 aromatic rings. The summed E-state index contributed by atoms with van der Waals surface area (Å²) in [6, 6.07) is 12.4. The fourth-order valence-corrected chi connectivity index (χ4v) is 3.94. The van der Waals surface area contributed by atoms with Crippen molar-refractivity contribution < 1.29 is 26.4 Å². The van der Waals surface area contributed by atoms with Gasteiger partial charge < -0.3 is 10.1 Å². The highest BCUT2D eigenvalue weighted by Gasteiger charge is 2.21. The van der Waals surface area contributed by atoms with Gasteiger partial charge in [0.1, 0.15) is 5.75 Å². The summed E-state index contributed by atoms with van der Waals surface area (Å²) >= 11 is 0. The van der Waals surface area contributed by atoms with E-state index in [1.807, 2.05) is 6.92 Å². The Hall–Kier alpha value is -2.59. The van der Waals surface area contributed by atoms with Crippen LogP contribution < -0.4 is 14.4 Å². The third-order valence-electron chi connectivity index (χ3n) is 4.81. The molecule has 0 bridgehead atoms. The van der Waals surface area contributed by atoms with Gasteiger partial charge in [0.2, 0.25) is 10.0 Å². The van der Waals surface area contributed by atoms with Crippen LogP contribution in [0.25, 0.3) is 0 Å². The molecule has 170 valence electrons. The van der Waals surface area contributed by atoms with E-state index in [1.54, 1.807) is 43.3 Å². The van der Waals surface area contributed by atoms with Crippen molar-refractivity contribution in [1.82, 2.24) is 5.32 Å². The molecule has 1 N–H and O–H groups in total. The van der Waals surface area contributed by atoms with E-state index < -0.39 is 26.0 Å². The maximum Gasteiger partial charge on any atom is 0.261 e. The third kappa shape index (κ3) is 6.70. The lowest BCUT2D eigenvalue weighted by Crippen LogP contribution is -2.39. The molecule has 2 rings (SSSR count). The summed E-state index contributed by atoms with van der Waals surface area (Å²) in [7, 11) is -5.19. The predicted molar refractivity (Wildman–Crippen MR) is 121 cm³/mol. The molecule has 2 atom stereocenters. The number of carbonyl (C=O) groups excluding carboxylic acids is 1. The number of nitrogens with one attached hydrogen (secondary N) is 1. The molecule has 0 heterocycles. The van der Waals surface area contributed by atoms with Crippen LogP contribution in [-0.2, 0) is 24.7 Å². The molecule has 8 nitrogen and oxygen atoms in total. The van der Waals surface area contributed by atoms with E-state index in [-0.39, 0.29) is 16.8 Å². The number of carbonyl (C=O) groups is 1. The van der Waals surface area contributed by atoms with Crippen LogP contribution in [0, 0.1) is 0 Å². The molecule has 0 radical (unpaired) electrons. The lowest BCUT2D eigenvalue weighted by atomic mass is 10.1. The van der Waals surface area contributed by atoms with Gasteiger partial charge in [-0.05, 0) is 55.3 Å². The number of hydrogen-bond donors (Lipinski definition) is 1. The van der Waals surface area contributed by atoms with Gasteiger partial charge in [0.05, 0.1) is 22.9 Å². The Morgan fingerprint density at radius 2 is 1.55 bits per heavy atom. The fourth-order valence-electron chi connectivity index (χ4n) is 2.81. The molecule has 0 spiro atoms. The Kier molecular flexibility index (Phi) is 7.72. The van der Waals surface area contributed by atoms with Crippen LogP contribution in [0.2, 0.25) is 0 Å². The lowest BCUT2D eigenvalue weighted by Gasteiger charge is -2.21. The first-order valence-corrected chi connectivity index (χ1v) is 13.4. The number of sulfonamides is 1. The molecule has 0 aliphatic rings. The van der Waals surface area contributed by atoms with Crippen molar-refractivity contribution in [1.29, 1.82) is 0 Å². The molecule has 0 saturated carbocycles. The maximum absolute atomic E-state index is 12.7. The van der Waals surface area contributed by atoms with Crippen LogP contribution >= 0.6 is 0 Å². The van der Waals surface area contributed by atoms with E-state index in [4.69, 9.17) is 4.74 Å². The van der Waals surface area contributed by atoms with Crippen molar-refractivity contribution in [2.24, 2.45) is 0 Å². The minimum absolute atomic E-state index is 0.217. The fraction of sp³-hybridized carbons (Fsp3) is 0.381. The van der Waals surface area contributed by atoms with Gasteiger partial charge in [-0.25, -0.2) is 16.8 Å². The van der Waals surface area contributed by atoms with Crippen molar-refractivity contribution in [3.8, 4) is 5.75 Å². The number of ether oxygens (including phenoxy) is 1. The summed E-state index contributed by atoms with van der Waals surface area (Å²) in [6.45, 7) is 3.62. The van der Waals surface area contributed by atoms with Crippen molar-refractivity contribution in [3.05, 3.63) is 54.1 Å². The number of rotatable bonds is 9. The minimum Gasteiger partial charge on any atom is -0.481 e. The summed E-state index contributed by atoms with van der Waals surface area (Å²) in [5, 5.41) is 2.87. The molecule has 0 aromatic heterocycles. The van der Waals surface area contributed by atoms with E-state index in [2.05, 4.69) is 5.32 Å². The average Bonchev–Trinajstić information content (AvgIpc) is 2.70. The number of amides is 1. The average molecular weight is 469 g/mol. The van der Waals surface area contributed by atoms with Crippen molar-refractivity contribution in [2.75, 3.05) is 23.9 Å². The number of benzene rings is 2. The second-order valence-corrected chi connectivity index (χ2v) is 11.3. The SMILES string of the molecule is CC[C@@H](Oc1ccc(N(C)S(C)(=O)=O)cc1)C(=O)N[C@@H](C)c1ccc(S(C)(=O)=O)cc1. The molecule has 0 aliphatic heterocycles. The predicted octanol–water partition coefficient (Wildman–Crippen LogP) is 2.52. The molecule has 0 unspecified atom stereocenters.